The lowest BCUT2D eigenvalue weighted by Crippen LogP contribution is -2.43. The fourth-order valence-electron chi connectivity index (χ4n) is 4.04. The van der Waals surface area contributed by atoms with E-state index in [1.165, 1.54) is 10.8 Å². The van der Waals surface area contributed by atoms with Crippen molar-refractivity contribution in [1.82, 2.24) is 15.5 Å². The Kier molecular flexibility index (Phi) is 9.62. The number of hydrogen-bond acceptors (Lipinski definition) is 4. The number of nitrogens with two attached hydrogens (primary N) is 1. The third-order valence-electron chi connectivity index (χ3n) is 5.76. The Balaban J connectivity index is 1.33. The van der Waals surface area contributed by atoms with Crippen molar-refractivity contribution in [3.05, 3.63) is 42.5 Å². The quantitative estimate of drug-likeness (QED) is 0.284. The second kappa shape index (κ2) is 12.9. The molecule has 174 valence electrons. The second-order valence-corrected chi connectivity index (χ2v) is 8.29. The zero-order chi connectivity index (χ0) is 22.6. The summed E-state index contributed by atoms with van der Waals surface area (Å²) in [6.07, 6.45) is 3.82. The highest BCUT2D eigenvalue weighted by Crippen LogP contribution is 2.20. The Labute approximate surface area is 191 Å². The van der Waals surface area contributed by atoms with Gasteiger partial charge >= 0.3 is 0 Å². The van der Waals surface area contributed by atoms with Crippen molar-refractivity contribution in [3.8, 4) is 5.75 Å². The summed E-state index contributed by atoms with van der Waals surface area (Å²) in [5, 5.41) is 9.11. The molecule has 7 heteroatoms. The average Bonchev–Trinajstić information content (AvgIpc) is 2.81. The highest BCUT2D eigenvalue weighted by Gasteiger charge is 2.23. The van der Waals surface area contributed by atoms with Crippen LogP contribution in [0.5, 0.6) is 5.75 Å². The molecule has 2 aromatic rings. The number of amides is 1. The van der Waals surface area contributed by atoms with E-state index in [2.05, 4.69) is 51.7 Å². The first-order valence-electron chi connectivity index (χ1n) is 11.8. The van der Waals surface area contributed by atoms with Crippen molar-refractivity contribution in [1.29, 1.82) is 0 Å². The standard InChI is InChI=1S/C25H37N5O2/c1-2-27-25(28-13-6-16-30-15-5-10-22(19-30)24(26)31)29-14-7-17-32-23-12-11-20-8-3-4-9-21(20)18-23/h3-4,8-9,11-12,18,22H,2,5-7,10,13-17,19H2,1H3,(H2,26,31)(H2,27,28,29). The fraction of sp³-hybridized carbons (Fsp3) is 0.520. The van der Waals surface area contributed by atoms with Crippen molar-refractivity contribution in [2.45, 2.75) is 32.6 Å². The topological polar surface area (TPSA) is 92.0 Å². The first-order valence-corrected chi connectivity index (χ1v) is 11.8. The molecule has 1 aliphatic rings. The van der Waals surface area contributed by atoms with Gasteiger partial charge in [-0.1, -0.05) is 30.3 Å². The van der Waals surface area contributed by atoms with Crippen LogP contribution < -0.4 is 21.1 Å². The minimum Gasteiger partial charge on any atom is -0.494 e. The van der Waals surface area contributed by atoms with Crippen molar-refractivity contribution < 1.29 is 9.53 Å². The van der Waals surface area contributed by atoms with Crippen LogP contribution in [0.2, 0.25) is 0 Å². The lowest BCUT2D eigenvalue weighted by molar-refractivity contribution is -0.123. The molecule has 0 saturated carbocycles. The minimum absolute atomic E-state index is 0.00687. The van der Waals surface area contributed by atoms with Gasteiger partial charge in [0.05, 0.1) is 12.5 Å². The molecule has 1 atom stereocenters. The van der Waals surface area contributed by atoms with Gasteiger partial charge in [-0.25, -0.2) is 0 Å². The van der Waals surface area contributed by atoms with Crippen LogP contribution in [-0.2, 0) is 4.79 Å². The lowest BCUT2D eigenvalue weighted by Gasteiger charge is -2.31. The van der Waals surface area contributed by atoms with Crippen LogP contribution in [0.4, 0.5) is 0 Å². The number of hydrogen-bond donors (Lipinski definition) is 3. The summed E-state index contributed by atoms with van der Waals surface area (Å²) in [5.74, 6) is 1.58. The molecule has 1 unspecified atom stereocenters. The van der Waals surface area contributed by atoms with E-state index in [0.717, 1.165) is 70.1 Å². The molecular formula is C25H37N5O2. The van der Waals surface area contributed by atoms with Gasteiger partial charge in [-0.3, -0.25) is 9.79 Å². The van der Waals surface area contributed by atoms with Crippen LogP contribution in [-0.4, -0.2) is 62.6 Å². The number of piperidine rings is 1. The van der Waals surface area contributed by atoms with E-state index in [0.29, 0.717) is 13.2 Å². The molecule has 32 heavy (non-hydrogen) atoms. The summed E-state index contributed by atoms with van der Waals surface area (Å²) in [5.41, 5.74) is 5.47. The van der Waals surface area contributed by atoms with Crippen molar-refractivity contribution in [2.75, 3.05) is 45.9 Å². The lowest BCUT2D eigenvalue weighted by atomic mass is 9.97. The van der Waals surface area contributed by atoms with Crippen LogP contribution in [0, 0.1) is 5.92 Å². The summed E-state index contributed by atoms with van der Waals surface area (Å²) in [6, 6.07) is 14.5. The monoisotopic (exact) mass is 439 g/mol. The van der Waals surface area contributed by atoms with Crippen LogP contribution in [0.25, 0.3) is 10.8 Å². The number of primary amides is 1. The smallest absolute Gasteiger partial charge is 0.221 e. The number of rotatable bonds is 11. The van der Waals surface area contributed by atoms with E-state index in [-0.39, 0.29) is 11.8 Å². The molecule has 0 aromatic heterocycles. The number of aliphatic imine (C=N–C) groups is 1. The Morgan fingerprint density at radius 3 is 2.84 bits per heavy atom. The van der Waals surface area contributed by atoms with Gasteiger partial charge in [-0.05, 0) is 62.2 Å². The maximum absolute atomic E-state index is 11.4. The van der Waals surface area contributed by atoms with Crippen LogP contribution in [0.1, 0.15) is 32.6 Å². The van der Waals surface area contributed by atoms with Crippen molar-refractivity contribution >= 4 is 22.6 Å². The molecule has 7 nitrogen and oxygen atoms in total. The molecular weight excluding hydrogens is 402 g/mol. The zero-order valence-electron chi connectivity index (χ0n) is 19.2. The number of fused-ring (bicyclic) bond motifs is 1. The molecule has 1 amide bonds. The molecule has 2 aromatic carbocycles. The maximum Gasteiger partial charge on any atom is 0.221 e. The normalized spacial score (nSPS) is 17.3. The summed E-state index contributed by atoms with van der Waals surface area (Å²) in [7, 11) is 0. The predicted octanol–water partition coefficient (Wildman–Crippen LogP) is 2.75. The summed E-state index contributed by atoms with van der Waals surface area (Å²) in [4.78, 5) is 18.4. The fourth-order valence-corrected chi connectivity index (χ4v) is 4.04. The van der Waals surface area contributed by atoms with E-state index in [4.69, 9.17) is 10.5 Å². The van der Waals surface area contributed by atoms with Gasteiger partial charge in [0.15, 0.2) is 5.96 Å². The summed E-state index contributed by atoms with van der Waals surface area (Å²) in [6.45, 7) is 7.89. The number of carbonyl (C=O) groups is 1. The number of carbonyl (C=O) groups excluding carboxylic acids is 1. The first-order chi connectivity index (χ1) is 15.7. The van der Waals surface area contributed by atoms with Gasteiger partial charge in [0.2, 0.25) is 5.91 Å². The van der Waals surface area contributed by atoms with E-state index >= 15 is 0 Å². The third kappa shape index (κ3) is 7.71. The molecule has 1 aliphatic heterocycles. The van der Waals surface area contributed by atoms with Gasteiger partial charge in [0, 0.05) is 32.6 Å². The largest absolute Gasteiger partial charge is 0.494 e. The molecule has 0 bridgehead atoms. The van der Waals surface area contributed by atoms with Crippen LogP contribution >= 0.6 is 0 Å². The zero-order valence-corrected chi connectivity index (χ0v) is 19.2. The Hall–Kier alpha value is -2.80. The number of guanidine groups is 1. The Morgan fingerprint density at radius 2 is 2.03 bits per heavy atom. The molecule has 3 rings (SSSR count). The highest BCUT2D eigenvalue weighted by molar-refractivity contribution is 5.83. The Morgan fingerprint density at radius 1 is 1.19 bits per heavy atom. The van der Waals surface area contributed by atoms with Crippen LogP contribution in [0.15, 0.2) is 47.5 Å². The number of benzene rings is 2. The third-order valence-corrected chi connectivity index (χ3v) is 5.76. The van der Waals surface area contributed by atoms with Gasteiger partial charge in [0.1, 0.15) is 5.75 Å². The summed E-state index contributed by atoms with van der Waals surface area (Å²) < 4.78 is 5.90. The minimum atomic E-state index is -0.168. The molecule has 0 radical (unpaired) electrons. The molecule has 1 fully saturated rings. The average molecular weight is 440 g/mol. The van der Waals surface area contributed by atoms with Crippen LogP contribution in [0.3, 0.4) is 0 Å². The van der Waals surface area contributed by atoms with E-state index in [1.807, 2.05) is 18.2 Å². The molecule has 4 N–H and O–H groups in total. The number of nitrogens with zero attached hydrogens (tertiary/aromatic N) is 2. The predicted molar refractivity (Wildman–Crippen MR) is 131 cm³/mol. The van der Waals surface area contributed by atoms with Crippen molar-refractivity contribution in [2.24, 2.45) is 16.6 Å². The second-order valence-electron chi connectivity index (χ2n) is 8.29. The summed E-state index contributed by atoms with van der Waals surface area (Å²) >= 11 is 0. The van der Waals surface area contributed by atoms with E-state index in [1.54, 1.807) is 0 Å². The SMILES string of the molecule is CCNC(=NCCCOc1ccc2ccccc2c1)NCCCN1CCCC(C(N)=O)C1. The first kappa shape index (κ1) is 23.9. The molecule has 0 aliphatic carbocycles. The highest BCUT2D eigenvalue weighted by atomic mass is 16.5. The Bertz CT molecular complexity index is 886. The van der Waals surface area contributed by atoms with Gasteiger partial charge in [-0.15, -0.1) is 0 Å². The maximum atomic E-state index is 11.4. The van der Waals surface area contributed by atoms with Crippen molar-refractivity contribution in [3.63, 3.8) is 0 Å². The van der Waals surface area contributed by atoms with E-state index in [9.17, 15) is 4.79 Å². The van der Waals surface area contributed by atoms with E-state index < -0.39 is 0 Å². The van der Waals surface area contributed by atoms with Gasteiger partial charge < -0.3 is 26.0 Å². The van der Waals surface area contributed by atoms with Gasteiger partial charge in [-0.2, -0.15) is 0 Å². The van der Waals surface area contributed by atoms with Gasteiger partial charge in [0.25, 0.3) is 0 Å². The molecule has 0 spiro atoms. The molecule has 1 heterocycles. The number of nitrogens with one attached hydrogen (secondary N) is 2. The number of ether oxygens (including phenoxy) is 1. The molecule has 1 saturated heterocycles. The number of likely N-dealkylation sites (tertiary alicyclic amines) is 1.